The monoisotopic (exact) mass is 566 g/mol. The van der Waals surface area contributed by atoms with E-state index in [0.717, 1.165) is 18.4 Å². The Hall–Kier alpha value is -3.06. The van der Waals surface area contributed by atoms with Crippen molar-refractivity contribution in [2.75, 3.05) is 24.6 Å². The van der Waals surface area contributed by atoms with Crippen LogP contribution in [0.3, 0.4) is 0 Å². The van der Waals surface area contributed by atoms with Crippen LogP contribution in [0.5, 0.6) is 5.75 Å². The van der Waals surface area contributed by atoms with Crippen molar-refractivity contribution in [2.45, 2.75) is 64.3 Å². The van der Waals surface area contributed by atoms with Crippen molar-refractivity contribution in [1.29, 1.82) is 0 Å². The summed E-state index contributed by atoms with van der Waals surface area (Å²) in [5.41, 5.74) is 0.360. The van der Waals surface area contributed by atoms with Crippen molar-refractivity contribution < 1.29 is 32.6 Å². The fraction of sp³-hybridized carbons (Fsp3) is 0.520. The lowest BCUT2D eigenvalue weighted by Gasteiger charge is -2.41. The summed E-state index contributed by atoms with van der Waals surface area (Å²) in [6.07, 6.45) is -1.14. The summed E-state index contributed by atoms with van der Waals surface area (Å²) in [5, 5.41) is 3.16. The van der Waals surface area contributed by atoms with E-state index in [1.165, 1.54) is 35.7 Å². The third-order valence-corrected chi connectivity index (χ3v) is 8.22. The first-order chi connectivity index (χ1) is 18.0. The molecule has 3 aromatic rings. The molecule has 0 radical (unpaired) electrons. The summed E-state index contributed by atoms with van der Waals surface area (Å²) in [6, 6.07) is 2.93. The smallest absolute Gasteiger partial charge is 0.459 e. The standard InChI is InChI=1S/C25H28F2N4O5S2/c1-5-34-21(32)25(26,27)35-17-9-8-16(20-28-10-11-37-20)19-18(17)29-22(38-19)30-12-14-6-7-15(13-30)31(14)23(33)36-24(2,3)4/h8-11,14-15H,5-7,12-13H2,1-4H3. The van der Waals surface area contributed by atoms with Gasteiger partial charge in [0, 0.05) is 30.2 Å². The van der Waals surface area contributed by atoms with Crippen molar-refractivity contribution in [3.63, 3.8) is 0 Å². The average Bonchev–Trinajstić information content (AvgIpc) is 3.57. The first kappa shape index (κ1) is 26.5. The topological polar surface area (TPSA) is 94.1 Å². The number of hydrogen-bond acceptors (Lipinski definition) is 10. The van der Waals surface area contributed by atoms with Crippen LogP contribution in [0.1, 0.15) is 40.5 Å². The lowest BCUT2D eigenvalue weighted by Crippen LogP contribution is -2.56. The van der Waals surface area contributed by atoms with Crippen LogP contribution < -0.4 is 9.64 Å². The molecule has 2 bridgehead atoms. The Labute approximate surface area is 226 Å². The van der Waals surface area contributed by atoms with E-state index in [0.29, 0.717) is 27.9 Å². The van der Waals surface area contributed by atoms with Gasteiger partial charge in [0.2, 0.25) is 0 Å². The molecule has 1 aromatic carbocycles. The van der Waals surface area contributed by atoms with Crippen molar-refractivity contribution in [3.8, 4) is 16.3 Å². The lowest BCUT2D eigenvalue weighted by atomic mass is 10.2. The number of rotatable bonds is 6. The maximum atomic E-state index is 14.5. The Kier molecular flexibility index (Phi) is 6.93. The third kappa shape index (κ3) is 5.13. The number of aromatic nitrogens is 2. The number of fused-ring (bicyclic) bond motifs is 3. The van der Waals surface area contributed by atoms with Crippen LogP contribution in [0, 0.1) is 0 Å². The van der Waals surface area contributed by atoms with Gasteiger partial charge >= 0.3 is 18.2 Å². The van der Waals surface area contributed by atoms with Crippen LogP contribution in [0.15, 0.2) is 23.7 Å². The second-order valence-corrected chi connectivity index (χ2v) is 12.0. The van der Waals surface area contributed by atoms with Gasteiger partial charge in [0.25, 0.3) is 0 Å². The summed E-state index contributed by atoms with van der Waals surface area (Å²) in [4.78, 5) is 37.6. The predicted octanol–water partition coefficient (Wildman–Crippen LogP) is 5.54. The van der Waals surface area contributed by atoms with E-state index in [9.17, 15) is 18.4 Å². The third-order valence-electron chi connectivity index (χ3n) is 6.27. The molecule has 0 N–H and O–H groups in total. The second kappa shape index (κ2) is 9.92. The van der Waals surface area contributed by atoms with E-state index in [4.69, 9.17) is 14.5 Å². The number of benzene rings is 1. The van der Waals surface area contributed by atoms with Crippen molar-refractivity contribution >= 4 is 50.1 Å². The first-order valence-electron chi connectivity index (χ1n) is 12.3. The van der Waals surface area contributed by atoms with E-state index in [-0.39, 0.29) is 36.1 Å². The highest BCUT2D eigenvalue weighted by Crippen LogP contribution is 2.44. The Morgan fingerprint density at radius 1 is 1.16 bits per heavy atom. The summed E-state index contributed by atoms with van der Waals surface area (Å²) >= 11 is 2.76. The maximum Gasteiger partial charge on any atom is 0.502 e. The molecular weight excluding hydrogens is 538 g/mol. The molecule has 38 heavy (non-hydrogen) atoms. The van der Waals surface area contributed by atoms with Gasteiger partial charge in [0.05, 0.1) is 23.4 Å². The number of thiazole rings is 2. The maximum absolute atomic E-state index is 14.5. The Bertz CT molecular complexity index is 1330. The lowest BCUT2D eigenvalue weighted by molar-refractivity contribution is -0.216. The minimum Gasteiger partial charge on any atom is -0.459 e. The molecule has 4 heterocycles. The molecule has 2 aliphatic rings. The number of amides is 1. The van der Waals surface area contributed by atoms with E-state index in [1.54, 1.807) is 12.3 Å². The Morgan fingerprint density at radius 2 is 1.87 bits per heavy atom. The number of piperazine rings is 1. The normalized spacial score (nSPS) is 19.6. The van der Waals surface area contributed by atoms with Crippen LogP contribution in [0.4, 0.5) is 18.7 Å². The molecule has 0 saturated carbocycles. The number of nitrogens with zero attached hydrogens (tertiary/aromatic N) is 4. The SMILES string of the molecule is CCOC(=O)C(F)(F)Oc1ccc(-c2nccs2)c2sc(N3CC4CCC(C3)N4C(=O)OC(C)(C)C)nc12. The highest BCUT2D eigenvalue weighted by Gasteiger charge is 2.46. The second-order valence-electron chi connectivity index (χ2n) is 10.1. The van der Waals surface area contributed by atoms with Gasteiger partial charge in [-0.15, -0.1) is 11.3 Å². The number of carbonyl (C=O) groups excluding carboxylic acids is 2. The molecule has 5 rings (SSSR count). The van der Waals surface area contributed by atoms with E-state index < -0.39 is 17.7 Å². The zero-order chi connectivity index (χ0) is 27.2. The number of anilines is 1. The van der Waals surface area contributed by atoms with Crippen LogP contribution in [0.2, 0.25) is 0 Å². The van der Waals surface area contributed by atoms with Gasteiger partial charge in [-0.25, -0.2) is 19.6 Å². The molecule has 0 spiro atoms. The van der Waals surface area contributed by atoms with Gasteiger partial charge in [-0.05, 0) is 52.7 Å². The van der Waals surface area contributed by atoms with Crippen molar-refractivity contribution in [3.05, 3.63) is 23.7 Å². The van der Waals surface area contributed by atoms with Crippen LogP contribution in [0.25, 0.3) is 20.8 Å². The minimum absolute atomic E-state index is 0.0436. The summed E-state index contributed by atoms with van der Waals surface area (Å²) in [5.74, 6) is -1.99. The average molecular weight is 567 g/mol. The molecule has 2 saturated heterocycles. The Morgan fingerprint density at radius 3 is 2.47 bits per heavy atom. The van der Waals surface area contributed by atoms with E-state index >= 15 is 0 Å². The van der Waals surface area contributed by atoms with Crippen molar-refractivity contribution in [2.24, 2.45) is 0 Å². The van der Waals surface area contributed by atoms with Gasteiger partial charge < -0.3 is 19.1 Å². The first-order valence-corrected chi connectivity index (χ1v) is 14.0. The molecule has 2 aliphatic heterocycles. The molecule has 2 aromatic heterocycles. The molecular formula is C25H28F2N4O5S2. The predicted molar refractivity (Wildman–Crippen MR) is 140 cm³/mol. The molecule has 2 atom stereocenters. The quantitative estimate of drug-likeness (QED) is 0.359. The highest BCUT2D eigenvalue weighted by molar-refractivity contribution is 7.23. The highest BCUT2D eigenvalue weighted by atomic mass is 32.1. The van der Waals surface area contributed by atoms with Gasteiger partial charge in [-0.2, -0.15) is 8.78 Å². The zero-order valence-electron chi connectivity index (χ0n) is 21.4. The number of halogens is 2. The number of hydrogen-bond donors (Lipinski definition) is 0. The molecule has 2 unspecified atom stereocenters. The number of carbonyl (C=O) groups is 2. The van der Waals surface area contributed by atoms with E-state index in [1.807, 2.05) is 31.1 Å². The van der Waals surface area contributed by atoms with Gasteiger partial charge in [-0.1, -0.05) is 11.3 Å². The summed E-state index contributed by atoms with van der Waals surface area (Å²) < 4.78 is 44.6. The number of esters is 1. The van der Waals surface area contributed by atoms with Gasteiger partial charge in [-0.3, -0.25) is 4.90 Å². The van der Waals surface area contributed by atoms with Crippen molar-refractivity contribution in [1.82, 2.24) is 14.9 Å². The summed E-state index contributed by atoms with van der Waals surface area (Å²) in [6.45, 7) is 7.85. The molecule has 9 nitrogen and oxygen atoms in total. The van der Waals surface area contributed by atoms with Gasteiger partial charge in [0.1, 0.15) is 16.1 Å². The number of ether oxygens (including phenoxy) is 3. The minimum atomic E-state index is -4.17. The molecule has 2 fully saturated rings. The molecule has 1 amide bonds. The molecule has 13 heteroatoms. The largest absolute Gasteiger partial charge is 0.502 e. The van der Waals surface area contributed by atoms with Crippen LogP contribution in [-0.2, 0) is 14.3 Å². The number of alkyl halides is 2. The molecule has 0 aliphatic carbocycles. The summed E-state index contributed by atoms with van der Waals surface area (Å²) in [7, 11) is 0. The fourth-order valence-electron chi connectivity index (χ4n) is 4.78. The fourth-order valence-corrected chi connectivity index (χ4v) is 6.63. The molecule has 204 valence electrons. The van der Waals surface area contributed by atoms with E-state index in [2.05, 4.69) is 14.6 Å². The van der Waals surface area contributed by atoms with Gasteiger partial charge in [0.15, 0.2) is 10.9 Å². The van der Waals surface area contributed by atoms with Crippen LogP contribution in [-0.4, -0.2) is 70.4 Å². The zero-order valence-corrected chi connectivity index (χ0v) is 23.0. The van der Waals surface area contributed by atoms with Crippen LogP contribution >= 0.6 is 22.7 Å². The Balaban J connectivity index is 1.47.